The fourth-order valence-electron chi connectivity index (χ4n) is 2.30. The van der Waals surface area contributed by atoms with Crippen LogP contribution in [0.25, 0.3) is 11.2 Å². The van der Waals surface area contributed by atoms with Gasteiger partial charge >= 0.3 is 6.01 Å². The van der Waals surface area contributed by atoms with Gasteiger partial charge in [-0.25, -0.2) is 0 Å². The normalized spacial score (nSPS) is 11.0. The number of aromatic nitrogens is 5. The van der Waals surface area contributed by atoms with Crippen molar-refractivity contribution in [3.63, 3.8) is 0 Å². The third-order valence-electron chi connectivity index (χ3n) is 3.41. The Hall–Kier alpha value is -2.94. The fourth-order valence-corrected chi connectivity index (χ4v) is 2.30. The van der Waals surface area contributed by atoms with Crippen LogP contribution < -0.4 is 15.2 Å². The first-order valence-corrected chi connectivity index (χ1v) is 7.41. The van der Waals surface area contributed by atoms with Crippen LogP contribution in [-0.2, 0) is 13.2 Å². The summed E-state index contributed by atoms with van der Waals surface area (Å²) in [6, 6.07) is 4.19. The Morgan fingerprint density at radius 1 is 1.25 bits per heavy atom. The van der Waals surface area contributed by atoms with Crippen molar-refractivity contribution >= 4 is 17.0 Å². The highest BCUT2D eigenvalue weighted by Crippen LogP contribution is 2.26. The standard InChI is InChI=1S/C15H18N6O3/c1-3-24-14-19-12(16)11-13(20-14)21(15(18-11)23-2)7-9-4-5-10(8-22)17-6-9/h4-6,22H,3,7-8H2,1-2H3,(H2,16,19,20). The van der Waals surface area contributed by atoms with Crippen molar-refractivity contribution in [3.05, 3.63) is 29.6 Å². The topological polar surface area (TPSA) is 121 Å². The highest BCUT2D eigenvalue weighted by Gasteiger charge is 2.18. The smallest absolute Gasteiger partial charge is 0.320 e. The molecule has 0 spiro atoms. The SMILES string of the molecule is CCOc1nc(N)c2nc(OC)n(Cc3ccc(CO)nc3)c2n1. The molecule has 0 aliphatic rings. The van der Waals surface area contributed by atoms with Crippen molar-refractivity contribution in [1.82, 2.24) is 24.5 Å². The second-order valence-electron chi connectivity index (χ2n) is 5.00. The van der Waals surface area contributed by atoms with Crippen molar-refractivity contribution in [2.75, 3.05) is 19.5 Å². The molecule has 0 aromatic carbocycles. The molecule has 9 heteroatoms. The van der Waals surface area contributed by atoms with Crippen LogP contribution in [0.15, 0.2) is 18.3 Å². The van der Waals surface area contributed by atoms with E-state index in [2.05, 4.69) is 19.9 Å². The zero-order valence-electron chi connectivity index (χ0n) is 13.4. The lowest BCUT2D eigenvalue weighted by atomic mass is 10.2. The van der Waals surface area contributed by atoms with Gasteiger partial charge < -0.3 is 20.3 Å². The average molecular weight is 330 g/mol. The first kappa shape index (κ1) is 15.9. The first-order valence-electron chi connectivity index (χ1n) is 7.41. The Balaban J connectivity index is 2.06. The van der Waals surface area contributed by atoms with E-state index in [0.717, 1.165) is 5.56 Å². The maximum absolute atomic E-state index is 9.08. The van der Waals surface area contributed by atoms with Crippen molar-refractivity contribution in [3.8, 4) is 12.0 Å². The monoisotopic (exact) mass is 330 g/mol. The molecular formula is C15H18N6O3. The number of nitrogen functional groups attached to an aromatic ring is 1. The maximum atomic E-state index is 9.08. The number of anilines is 1. The minimum Gasteiger partial charge on any atom is -0.468 e. The highest BCUT2D eigenvalue weighted by molar-refractivity contribution is 5.83. The van der Waals surface area contributed by atoms with Crippen LogP contribution in [0.3, 0.4) is 0 Å². The first-order chi connectivity index (χ1) is 11.7. The molecule has 0 saturated heterocycles. The molecule has 3 aromatic heterocycles. The van der Waals surface area contributed by atoms with Gasteiger partial charge in [0.2, 0.25) is 0 Å². The molecule has 0 fully saturated rings. The lowest BCUT2D eigenvalue weighted by molar-refractivity contribution is 0.277. The number of aliphatic hydroxyl groups excluding tert-OH is 1. The Labute approximate surface area is 138 Å². The van der Waals surface area contributed by atoms with Gasteiger partial charge in [0.15, 0.2) is 17.0 Å². The highest BCUT2D eigenvalue weighted by atomic mass is 16.5. The number of nitrogens with zero attached hydrogens (tertiary/aromatic N) is 5. The van der Waals surface area contributed by atoms with Crippen LogP contribution in [0.2, 0.25) is 0 Å². The summed E-state index contributed by atoms with van der Waals surface area (Å²) < 4.78 is 12.4. The van der Waals surface area contributed by atoms with E-state index in [1.54, 1.807) is 16.8 Å². The summed E-state index contributed by atoms with van der Waals surface area (Å²) in [4.78, 5) is 17.0. The third kappa shape index (κ3) is 2.93. The van der Waals surface area contributed by atoms with Gasteiger partial charge in [-0.05, 0) is 18.6 Å². The van der Waals surface area contributed by atoms with Gasteiger partial charge in [0, 0.05) is 6.20 Å². The fraction of sp³-hybridized carbons (Fsp3) is 0.333. The quantitative estimate of drug-likeness (QED) is 0.679. The van der Waals surface area contributed by atoms with E-state index in [1.807, 2.05) is 13.0 Å². The number of aliphatic hydroxyl groups is 1. The number of ether oxygens (including phenoxy) is 2. The van der Waals surface area contributed by atoms with Gasteiger partial charge in [0.25, 0.3) is 6.01 Å². The molecule has 3 heterocycles. The van der Waals surface area contributed by atoms with Crippen LogP contribution in [0.5, 0.6) is 12.0 Å². The van der Waals surface area contributed by atoms with Gasteiger partial charge in [-0.3, -0.25) is 9.55 Å². The van der Waals surface area contributed by atoms with Crippen molar-refractivity contribution in [2.45, 2.75) is 20.1 Å². The molecule has 0 atom stereocenters. The van der Waals surface area contributed by atoms with E-state index < -0.39 is 0 Å². The summed E-state index contributed by atoms with van der Waals surface area (Å²) in [5.41, 5.74) is 8.43. The molecule has 126 valence electrons. The number of rotatable bonds is 6. The van der Waals surface area contributed by atoms with Crippen LogP contribution in [-0.4, -0.2) is 43.3 Å². The molecule has 0 radical (unpaired) electrons. The second-order valence-corrected chi connectivity index (χ2v) is 5.00. The van der Waals surface area contributed by atoms with Gasteiger partial charge in [0.1, 0.15) is 0 Å². The van der Waals surface area contributed by atoms with Crippen LogP contribution in [0.1, 0.15) is 18.2 Å². The number of hydrogen-bond donors (Lipinski definition) is 2. The number of nitrogens with two attached hydrogens (primary N) is 1. The Kier molecular flexibility index (Phi) is 4.43. The minimum absolute atomic E-state index is 0.0981. The lowest BCUT2D eigenvalue weighted by Crippen LogP contribution is -2.06. The lowest BCUT2D eigenvalue weighted by Gasteiger charge is -2.08. The summed E-state index contributed by atoms with van der Waals surface area (Å²) in [5.74, 6) is 0.231. The van der Waals surface area contributed by atoms with Crippen molar-refractivity contribution in [1.29, 1.82) is 0 Å². The molecule has 3 N–H and O–H groups in total. The Morgan fingerprint density at radius 2 is 2.08 bits per heavy atom. The van der Waals surface area contributed by atoms with Gasteiger partial charge in [0.05, 0.1) is 32.6 Å². The Morgan fingerprint density at radius 3 is 2.71 bits per heavy atom. The minimum atomic E-state index is -0.0981. The zero-order chi connectivity index (χ0) is 17.1. The summed E-state index contributed by atoms with van der Waals surface area (Å²) in [6.07, 6.45) is 1.69. The van der Waals surface area contributed by atoms with E-state index in [9.17, 15) is 0 Å². The summed E-state index contributed by atoms with van der Waals surface area (Å²) in [6.45, 7) is 2.61. The molecular weight excluding hydrogens is 312 g/mol. The van der Waals surface area contributed by atoms with Gasteiger partial charge in [-0.2, -0.15) is 15.0 Å². The van der Waals surface area contributed by atoms with Crippen LogP contribution >= 0.6 is 0 Å². The number of pyridine rings is 1. The predicted molar refractivity (Wildman–Crippen MR) is 86.7 cm³/mol. The molecule has 9 nitrogen and oxygen atoms in total. The summed E-state index contributed by atoms with van der Waals surface area (Å²) in [5, 5.41) is 9.08. The zero-order valence-corrected chi connectivity index (χ0v) is 13.4. The van der Waals surface area contributed by atoms with E-state index >= 15 is 0 Å². The van der Waals surface area contributed by atoms with E-state index in [4.69, 9.17) is 20.3 Å². The molecule has 0 unspecified atom stereocenters. The van der Waals surface area contributed by atoms with Gasteiger partial charge in [-0.15, -0.1) is 0 Å². The largest absolute Gasteiger partial charge is 0.468 e. The molecule has 3 aromatic rings. The molecule has 0 saturated carbocycles. The Bertz CT molecular complexity index is 847. The third-order valence-corrected chi connectivity index (χ3v) is 3.41. The van der Waals surface area contributed by atoms with Crippen molar-refractivity contribution < 1.29 is 14.6 Å². The number of imidazole rings is 1. The molecule has 0 aliphatic heterocycles. The second kappa shape index (κ2) is 6.67. The maximum Gasteiger partial charge on any atom is 0.320 e. The van der Waals surface area contributed by atoms with E-state index in [1.165, 1.54) is 7.11 Å². The summed E-state index contributed by atoms with van der Waals surface area (Å²) >= 11 is 0. The van der Waals surface area contributed by atoms with Crippen molar-refractivity contribution in [2.24, 2.45) is 0 Å². The molecule has 24 heavy (non-hydrogen) atoms. The van der Waals surface area contributed by atoms with Gasteiger partial charge in [-0.1, -0.05) is 6.07 Å². The number of hydrogen-bond acceptors (Lipinski definition) is 8. The van der Waals surface area contributed by atoms with Crippen LogP contribution in [0, 0.1) is 0 Å². The number of fused-ring (bicyclic) bond motifs is 1. The van der Waals surface area contributed by atoms with E-state index in [-0.39, 0.29) is 18.4 Å². The molecule has 0 bridgehead atoms. The summed E-state index contributed by atoms with van der Waals surface area (Å²) in [7, 11) is 1.53. The van der Waals surface area contributed by atoms with E-state index in [0.29, 0.717) is 36.0 Å². The molecule has 0 amide bonds. The predicted octanol–water partition coefficient (Wildman–Crippen LogP) is 0.751. The molecule has 0 aliphatic carbocycles. The molecule has 3 rings (SSSR count). The average Bonchev–Trinajstić information content (AvgIpc) is 2.94. The van der Waals surface area contributed by atoms with Crippen LogP contribution in [0.4, 0.5) is 5.82 Å². The number of methoxy groups -OCH3 is 1.